The van der Waals surface area contributed by atoms with Gasteiger partial charge in [-0.1, -0.05) is 18.9 Å². The standard InChI is InChI=1S/C11H17NO/c12-11(13)10-7-3-5-8-4-1-2-6-9(8)10/h7-9H,1-6H2,(H2,12,13). The monoisotopic (exact) mass is 179 g/mol. The summed E-state index contributed by atoms with van der Waals surface area (Å²) in [6, 6.07) is 0. The number of hydrogen-bond acceptors (Lipinski definition) is 1. The summed E-state index contributed by atoms with van der Waals surface area (Å²) in [4.78, 5) is 11.2. The Balaban J connectivity index is 2.17. The number of hydrogen-bond donors (Lipinski definition) is 1. The second-order valence-electron chi connectivity index (χ2n) is 4.25. The fraction of sp³-hybridized carbons (Fsp3) is 0.727. The van der Waals surface area contributed by atoms with E-state index in [1.807, 2.05) is 0 Å². The van der Waals surface area contributed by atoms with Crippen LogP contribution in [0.2, 0.25) is 0 Å². The molecule has 0 aliphatic heterocycles. The van der Waals surface area contributed by atoms with Gasteiger partial charge < -0.3 is 5.73 Å². The molecule has 2 heteroatoms. The summed E-state index contributed by atoms with van der Waals surface area (Å²) in [5.74, 6) is 1.07. The second-order valence-corrected chi connectivity index (χ2v) is 4.25. The van der Waals surface area contributed by atoms with E-state index < -0.39 is 0 Å². The molecule has 1 amide bonds. The lowest BCUT2D eigenvalue weighted by atomic mass is 9.70. The van der Waals surface area contributed by atoms with Crippen LogP contribution in [0.15, 0.2) is 11.6 Å². The molecule has 0 spiro atoms. The van der Waals surface area contributed by atoms with Crippen molar-refractivity contribution in [2.75, 3.05) is 0 Å². The molecule has 72 valence electrons. The lowest BCUT2D eigenvalue weighted by Gasteiger charge is -2.35. The van der Waals surface area contributed by atoms with E-state index >= 15 is 0 Å². The fourth-order valence-electron chi connectivity index (χ4n) is 2.85. The Hall–Kier alpha value is -0.790. The van der Waals surface area contributed by atoms with Crippen molar-refractivity contribution in [2.45, 2.75) is 38.5 Å². The number of carbonyl (C=O) groups excluding carboxylic acids is 1. The second kappa shape index (κ2) is 3.52. The first-order valence-corrected chi connectivity index (χ1v) is 5.29. The van der Waals surface area contributed by atoms with Gasteiger partial charge in [-0.2, -0.15) is 0 Å². The highest BCUT2D eigenvalue weighted by molar-refractivity contribution is 5.92. The average Bonchev–Trinajstić information content (AvgIpc) is 2.17. The van der Waals surface area contributed by atoms with Gasteiger partial charge >= 0.3 is 0 Å². The summed E-state index contributed by atoms with van der Waals surface area (Å²) in [6.45, 7) is 0. The van der Waals surface area contributed by atoms with E-state index in [4.69, 9.17) is 5.73 Å². The molecule has 2 atom stereocenters. The van der Waals surface area contributed by atoms with Gasteiger partial charge in [0.1, 0.15) is 0 Å². The molecule has 0 saturated heterocycles. The van der Waals surface area contributed by atoms with Crippen molar-refractivity contribution in [3.63, 3.8) is 0 Å². The Kier molecular flexibility index (Phi) is 2.38. The molecule has 2 rings (SSSR count). The zero-order chi connectivity index (χ0) is 9.26. The summed E-state index contributed by atoms with van der Waals surface area (Å²) in [6.07, 6.45) is 9.48. The molecule has 2 aliphatic rings. The van der Waals surface area contributed by atoms with Crippen LogP contribution in [0.3, 0.4) is 0 Å². The number of nitrogens with two attached hydrogens (primary N) is 1. The first-order chi connectivity index (χ1) is 6.29. The van der Waals surface area contributed by atoms with Gasteiger partial charge in [0.15, 0.2) is 0 Å². The van der Waals surface area contributed by atoms with Crippen molar-refractivity contribution in [2.24, 2.45) is 17.6 Å². The molecule has 0 aromatic rings. The average molecular weight is 179 g/mol. The third kappa shape index (κ3) is 1.62. The molecule has 2 nitrogen and oxygen atoms in total. The van der Waals surface area contributed by atoms with Crippen molar-refractivity contribution in [1.29, 1.82) is 0 Å². The number of rotatable bonds is 1. The summed E-state index contributed by atoms with van der Waals surface area (Å²) in [7, 11) is 0. The third-order valence-corrected chi connectivity index (χ3v) is 3.49. The van der Waals surface area contributed by atoms with E-state index in [0.29, 0.717) is 5.92 Å². The quantitative estimate of drug-likeness (QED) is 0.657. The maximum atomic E-state index is 11.2. The largest absolute Gasteiger partial charge is 0.366 e. The minimum atomic E-state index is -0.184. The van der Waals surface area contributed by atoms with Crippen LogP contribution in [-0.2, 0) is 4.79 Å². The molecule has 0 radical (unpaired) electrons. The van der Waals surface area contributed by atoms with Crippen LogP contribution in [0.1, 0.15) is 38.5 Å². The van der Waals surface area contributed by atoms with Crippen LogP contribution < -0.4 is 5.73 Å². The van der Waals surface area contributed by atoms with Crippen molar-refractivity contribution < 1.29 is 4.79 Å². The van der Waals surface area contributed by atoms with Gasteiger partial charge in [-0.25, -0.2) is 0 Å². The molecule has 1 fully saturated rings. The van der Waals surface area contributed by atoms with Crippen LogP contribution in [0.25, 0.3) is 0 Å². The molecule has 0 heterocycles. The first-order valence-electron chi connectivity index (χ1n) is 5.29. The molecule has 2 N–H and O–H groups in total. The van der Waals surface area contributed by atoms with Gasteiger partial charge in [0.2, 0.25) is 5.91 Å². The lowest BCUT2D eigenvalue weighted by molar-refractivity contribution is -0.115. The van der Waals surface area contributed by atoms with Crippen molar-refractivity contribution in [1.82, 2.24) is 0 Å². The molecule has 0 aromatic heterocycles. The molecule has 1 saturated carbocycles. The van der Waals surface area contributed by atoms with Crippen LogP contribution in [-0.4, -0.2) is 5.91 Å². The van der Waals surface area contributed by atoms with E-state index in [2.05, 4.69) is 6.08 Å². The van der Waals surface area contributed by atoms with Crippen molar-refractivity contribution in [3.05, 3.63) is 11.6 Å². The Morgan fingerprint density at radius 2 is 2.08 bits per heavy atom. The number of primary amides is 1. The van der Waals surface area contributed by atoms with Gasteiger partial charge in [0, 0.05) is 5.57 Å². The normalized spacial score (nSPS) is 33.4. The fourth-order valence-corrected chi connectivity index (χ4v) is 2.85. The minimum absolute atomic E-state index is 0.184. The highest BCUT2D eigenvalue weighted by Crippen LogP contribution is 2.40. The van der Waals surface area contributed by atoms with Gasteiger partial charge in [-0.05, 0) is 37.5 Å². The zero-order valence-electron chi connectivity index (χ0n) is 7.96. The van der Waals surface area contributed by atoms with Crippen molar-refractivity contribution in [3.8, 4) is 0 Å². The van der Waals surface area contributed by atoms with Crippen LogP contribution in [0.5, 0.6) is 0 Å². The highest BCUT2D eigenvalue weighted by atomic mass is 16.1. The van der Waals surface area contributed by atoms with Crippen LogP contribution in [0.4, 0.5) is 0 Å². The third-order valence-electron chi connectivity index (χ3n) is 3.49. The number of carbonyl (C=O) groups is 1. The van der Waals surface area contributed by atoms with Crippen molar-refractivity contribution >= 4 is 5.91 Å². The molecule has 2 aliphatic carbocycles. The summed E-state index contributed by atoms with van der Waals surface area (Å²) < 4.78 is 0. The summed E-state index contributed by atoms with van der Waals surface area (Å²) >= 11 is 0. The molecular formula is C11H17NO. The van der Waals surface area contributed by atoms with Gasteiger partial charge in [0.05, 0.1) is 0 Å². The van der Waals surface area contributed by atoms with E-state index in [1.165, 1.54) is 32.1 Å². The van der Waals surface area contributed by atoms with Gasteiger partial charge in [0.25, 0.3) is 0 Å². The maximum Gasteiger partial charge on any atom is 0.244 e. The number of allylic oxidation sites excluding steroid dienone is 1. The van der Waals surface area contributed by atoms with Gasteiger partial charge in [-0.3, -0.25) is 4.79 Å². The Morgan fingerprint density at radius 3 is 2.85 bits per heavy atom. The zero-order valence-corrected chi connectivity index (χ0v) is 7.96. The molecular weight excluding hydrogens is 162 g/mol. The van der Waals surface area contributed by atoms with E-state index in [-0.39, 0.29) is 5.91 Å². The molecule has 0 bridgehead atoms. The van der Waals surface area contributed by atoms with E-state index in [9.17, 15) is 4.79 Å². The predicted molar refractivity (Wildman–Crippen MR) is 52.0 cm³/mol. The van der Waals surface area contributed by atoms with Gasteiger partial charge in [-0.15, -0.1) is 0 Å². The first kappa shape index (κ1) is 8.79. The summed E-state index contributed by atoms with van der Waals surface area (Å²) in [5.41, 5.74) is 6.29. The smallest absolute Gasteiger partial charge is 0.244 e. The lowest BCUT2D eigenvalue weighted by Crippen LogP contribution is -2.30. The van der Waals surface area contributed by atoms with Crippen LogP contribution >= 0.6 is 0 Å². The Bertz CT molecular complexity index is 244. The Morgan fingerprint density at radius 1 is 1.31 bits per heavy atom. The molecule has 13 heavy (non-hydrogen) atoms. The molecule has 2 unspecified atom stereocenters. The molecule has 0 aromatic carbocycles. The predicted octanol–water partition coefficient (Wildman–Crippen LogP) is 2.00. The maximum absolute atomic E-state index is 11.2. The summed E-state index contributed by atoms with van der Waals surface area (Å²) in [5, 5.41) is 0. The Labute approximate surface area is 79.2 Å². The highest BCUT2D eigenvalue weighted by Gasteiger charge is 2.32. The van der Waals surface area contributed by atoms with E-state index in [0.717, 1.165) is 17.9 Å². The number of fused-ring (bicyclic) bond motifs is 1. The van der Waals surface area contributed by atoms with Crippen LogP contribution in [0, 0.1) is 11.8 Å². The minimum Gasteiger partial charge on any atom is -0.366 e. The SMILES string of the molecule is NC(=O)C1=CCCC2CCCCC12. The number of amides is 1. The van der Waals surface area contributed by atoms with E-state index in [1.54, 1.807) is 0 Å². The topological polar surface area (TPSA) is 43.1 Å².